The largest absolute Gasteiger partial charge is 0.497 e. The van der Waals surface area contributed by atoms with Gasteiger partial charge in [0, 0.05) is 23.6 Å². The van der Waals surface area contributed by atoms with E-state index in [0.717, 1.165) is 48.3 Å². The van der Waals surface area contributed by atoms with Crippen LogP contribution in [0.15, 0.2) is 54.7 Å². The number of carboxylic acids is 2. The molecule has 1 aliphatic rings. The van der Waals surface area contributed by atoms with Crippen LogP contribution < -0.4 is 9.47 Å². The number of H-pyrrole nitrogens is 1. The quantitative estimate of drug-likeness (QED) is 0.388. The number of methoxy groups -OCH3 is 1. The molecule has 4 rings (SSSR count). The Labute approximate surface area is 197 Å². The Morgan fingerprint density at radius 3 is 2.35 bits per heavy atom. The number of rotatable bonds is 7. The van der Waals surface area contributed by atoms with Crippen LogP contribution in [0.5, 0.6) is 11.5 Å². The molecule has 0 spiro atoms. The standard InChI is InChI=1S/C23H28N2O3.C2H2O4/c1-27-20-7-5-17(6-8-20)18-10-13-25(14-11-18)15-19(26)16-28-23-4-2-3-22-21(23)9-12-24-22;3-1(4)2(5)6/h2-9,12,18-19,24,26H,10-11,13-16H2,1H3;(H,3,4)(H,5,6)/t19-;/m0./s1. The molecule has 0 saturated carbocycles. The van der Waals surface area contributed by atoms with Gasteiger partial charge < -0.3 is 34.7 Å². The van der Waals surface area contributed by atoms with E-state index in [4.69, 9.17) is 29.3 Å². The lowest BCUT2D eigenvalue weighted by molar-refractivity contribution is -0.159. The fourth-order valence-electron chi connectivity index (χ4n) is 4.04. The van der Waals surface area contributed by atoms with Crippen LogP contribution >= 0.6 is 0 Å². The zero-order valence-corrected chi connectivity index (χ0v) is 19.0. The summed E-state index contributed by atoms with van der Waals surface area (Å²) in [6.07, 6.45) is 3.64. The first-order chi connectivity index (χ1) is 16.4. The number of piperidine rings is 1. The van der Waals surface area contributed by atoms with Crippen molar-refractivity contribution in [2.75, 3.05) is 33.4 Å². The Balaban J connectivity index is 0.000000481. The summed E-state index contributed by atoms with van der Waals surface area (Å²) in [4.78, 5) is 23.7. The molecule has 1 fully saturated rings. The summed E-state index contributed by atoms with van der Waals surface area (Å²) in [6, 6.07) is 16.3. The molecule has 2 aromatic carbocycles. The van der Waals surface area contributed by atoms with Crippen LogP contribution in [0.3, 0.4) is 0 Å². The maximum absolute atomic E-state index is 10.4. The molecular formula is C25H30N2O7. The molecule has 34 heavy (non-hydrogen) atoms. The van der Waals surface area contributed by atoms with E-state index in [1.165, 1.54) is 5.56 Å². The van der Waals surface area contributed by atoms with Crippen LogP contribution in [0, 0.1) is 0 Å². The smallest absolute Gasteiger partial charge is 0.414 e. The van der Waals surface area contributed by atoms with Crippen molar-refractivity contribution in [2.45, 2.75) is 24.9 Å². The normalized spacial score (nSPS) is 15.2. The summed E-state index contributed by atoms with van der Waals surface area (Å²) in [6.45, 7) is 2.96. The number of β-amino-alcohol motifs (C(OH)–C–C–N with tert-alkyl or cyclic N) is 1. The summed E-state index contributed by atoms with van der Waals surface area (Å²) in [5.41, 5.74) is 2.43. The second kappa shape index (κ2) is 12.1. The summed E-state index contributed by atoms with van der Waals surface area (Å²) < 4.78 is 11.1. The van der Waals surface area contributed by atoms with Crippen molar-refractivity contribution in [3.63, 3.8) is 0 Å². The van der Waals surface area contributed by atoms with Crippen LogP contribution in [0.4, 0.5) is 0 Å². The lowest BCUT2D eigenvalue weighted by Gasteiger charge is -2.33. The molecule has 9 heteroatoms. The van der Waals surface area contributed by atoms with Crippen LogP contribution in [0.25, 0.3) is 10.9 Å². The minimum Gasteiger partial charge on any atom is -0.497 e. The van der Waals surface area contributed by atoms with Crippen LogP contribution in [0.1, 0.15) is 24.3 Å². The summed E-state index contributed by atoms with van der Waals surface area (Å²) in [5, 5.41) is 26.3. The summed E-state index contributed by atoms with van der Waals surface area (Å²) in [5.74, 6) is -1.35. The van der Waals surface area contributed by atoms with Gasteiger partial charge in [-0.05, 0) is 67.7 Å². The predicted molar refractivity (Wildman–Crippen MR) is 126 cm³/mol. The highest BCUT2D eigenvalue weighted by Gasteiger charge is 2.22. The number of nitrogens with zero attached hydrogens (tertiary/aromatic N) is 1. The number of hydrogen-bond donors (Lipinski definition) is 4. The number of aromatic nitrogens is 1. The first-order valence-electron chi connectivity index (χ1n) is 11.1. The lowest BCUT2D eigenvalue weighted by Crippen LogP contribution is -2.40. The first-order valence-corrected chi connectivity index (χ1v) is 11.1. The number of benzene rings is 2. The Hall–Kier alpha value is -3.56. The molecule has 1 saturated heterocycles. The number of aliphatic hydroxyl groups is 1. The van der Waals surface area contributed by atoms with Gasteiger partial charge in [0.2, 0.25) is 0 Å². The van der Waals surface area contributed by atoms with E-state index in [0.29, 0.717) is 19.1 Å². The maximum Gasteiger partial charge on any atom is 0.414 e. The number of carbonyl (C=O) groups is 2. The van der Waals surface area contributed by atoms with Gasteiger partial charge in [0.05, 0.1) is 7.11 Å². The maximum atomic E-state index is 10.4. The van der Waals surface area contributed by atoms with E-state index in [9.17, 15) is 5.11 Å². The molecule has 4 N–H and O–H groups in total. The highest BCUT2D eigenvalue weighted by molar-refractivity contribution is 6.27. The molecule has 1 atom stereocenters. The Kier molecular flexibility index (Phi) is 8.89. The van der Waals surface area contributed by atoms with Crippen molar-refractivity contribution in [1.82, 2.24) is 9.88 Å². The zero-order valence-electron chi connectivity index (χ0n) is 19.0. The molecule has 1 aromatic heterocycles. The fraction of sp³-hybridized carbons (Fsp3) is 0.360. The number of aromatic amines is 1. The number of fused-ring (bicyclic) bond motifs is 1. The molecule has 0 amide bonds. The average molecular weight is 471 g/mol. The third-order valence-electron chi connectivity index (χ3n) is 5.81. The number of nitrogens with one attached hydrogen (secondary N) is 1. The number of carboxylic acid groups (broad SMARTS) is 2. The van der Waals surface area contributed by atoms with Gasteiger partial charge in [-0.15, -0.1) is 0 Å². The Bertz CT molecular complexity index is 1060. The van der Waals surface area contributed by atoms with E-state index in [1.54, 1.807) is 7.11 Å². The molecule has 0 unspecified atom stereocenters. The van der Waals surface area contributed by atoms with Crippen molar-refractivity contribution >= 4 is 22.8 Å². The monoisotopic (exact) mass is 470 g/mol. The lowest BCUT2D eigenvalue weighted by atomic mass is 9.89. The van der Waals surface area contributed by atoms with Gasteiger partial charge in [-0.1, -0.05) is 18.2 Å². The molecule has 0 aliphatic carbocycles. The molecular weight excluding hydrogens is 440 g/mol. The third kappa shape index (κ3) is 6.97. The molecule has 0 radical (unpaired) electrons. The number of hydrogen-bond acceptors (Lipinski definition) is 6. The van der Waals surface area contributed by atoms with Crippen molar-refractivity contribution in [3.05, 3.63) is 60.3 Å². The van der Waals surface area contributed by atoms with E-state index >= 15 is 0 Å². The van der Waals surface area contributed by atoms with Gasteiger partial charge in [0.1, 0.15) is 24.2 Å². The van der Waals surface area contributed by atoms with Crippen molar-refractivity contribution in [3.8, 4) is 11.5 Å². The van der Waals surface area contributed by atoms with Crippen molar-refractivity contribution in [1.29, 1.82) is 0 Å². The van der Waals surface area contributed by atoms with Crippen molar-refractivity contribution < 1.29 is 34.4 Å². The molecule has 0 bridgehead atoms. The van der Waals surface area contributed by atoms with Crippen LogP contribution in [0.2, 0.25) is 0 Å². The van der Waals surface area contributed by atoms with Gasteiger partial charge in [0.15, 0.2) is 0 Å². The van der Waals surface area contributed by atoms with Crippen molar-refractivity contribution in [2.24, 2.45) is 0 Å². The topological polar surface area (TPSA) is 132 Å². The minimum atomic E-state index is -1.82. The van der Waals surface area contributed by atoms with E-state index in [2.05, 4.69) is 22.0 Å². The van der Waals surface area contributed by atoms with E-state index < -0.39 is 18.0 Å². The minimum absolute atomic E-state index is 0.308. The molecule has 9 nitrogen and oxygen atoms in total. The SMILES string of the molecule is COc1ccc(C2CCN(C[C@H](O)COc3cccc4[nH]ccc34)CC2)cc1.O=C(O)C(=O)O. The van der Waals surface area contributed by atoms with Gasteiger partial charge in [0.25, 0.3) is 0 Å². The third-order valence-corrected chi connectivity index (χ3v) is 5.81. The van der Waals surface area contributed by atoms with E-state index in [1.807, 2.05) is 42.6 Å². The number of aliphatic carboxylic acids is 2. The average Bonchev–Trinajstić information content (AvgIpc) is 3.33. The second-order valence-electron chi connectivity index (χ2n) is 8.12. The van der Waals surface area contributed by atoms with Gasteiger partial charge in [-0.2, -0.15) is 0 Å². The Morgan fingerprint density at radius 2 is 1.74 bits per heavy atom. The highest BCUT2D eigenvalue weighted by Crippen LogP contribution is 2.29. The van der Waals surface area contributed by atoms with E-state index in [-0.39, 0.29) is 0 Å². The molecule has 182 valence electrons. The fourth-order valence-corrected chi connectivity index (χ4v) is 4.04. The molecule has 1 aliphatic heterocycles. The number of aliphatic hydroxyl groups excluding tert-OH is 1. The highest BCUT2D eigenvalue weighted by atomic mass is 16.5. The van der Waals surface area contributed by atoms with Gasteiger partial charge in [-0.3, -0.25) is 0 Å². The number of ether oxygens (including phenoxy) is 2. The second-order valence-corrected chi connectivity index (χ2v) is 8.12. The zero-order chi connectivity index (χ0) is 24.5. The van der Waals surface area contributed by atoms with Crippen LogP contribution in [-0.4, -0.2) is 76.6 Å². The van der Waals surface area contributed by atoms with Crippen LogP contribution in [-0.2, 0) is 9.59 Å². The molecule has 3 aromatic rings. The Morgan fingerprint density at radius 1 is 1.06 bits per heavy atom. The predicted octanol–water partition coefficient (Wildman–Crippen LogP) is 2.95. The number of likely N-dealkylation sites (tertiary alicyclic amines) is 1. The van der Waals surface area contributed by atoms with Gasteiger partial charge >= 0.3 is 11.9 Å². The first kappa shape index (κ1) is 25.1. The summed E-state index contributed by atoms with van der Waals surface area (Å²) >= 11 is 0. The van der Waals surface area contributed by atoms with Gasteiger partial charge in [-0.25, -0.2) is 9.59 Å². The molecule has 2 heterocycles. The summed E-state index contributed by atoms with van der Waals surface area (Å²) in [7, 11) is 1.70.